The van der Waals surface area contributed by atoms with Gasteiger partial charge in [-0.2, -0.15) is 0 Å². The lowest BCUT2D eigenvalue weighted by atomic mass is 10.1. The van der Waals surface area contributed by atoms with Gasteiger partial charge in [0.1, 0.15) is 11.0 Å². The van der Waals surface area contributed by atoms with Gasteiger partial charge in [-0.05, 0) is 44.5 Å². The molecule has 1 atom stereocenters. The molecule has 0 spiro atoms. The molecule has 105 valence electrons. The number of benzene rings is 1. The van der Waals surface area contributed by atoms with Crippen molar-refractivity contribution in [2.75, 3.05) is 0 Å². The normalized spacial score (nSPS) is 13.3. The van der Waals surface area contributed by atoms with Gasteiger partial charge in [0.05, 0.1) is 6.10 Å². The largest absolute Gasteiger partial charge is 0.491 e. The summed E-state index contributed by atoms with van der Waals surface area (Å²) in [6.45, 7) is 5.35. The average molecular weight is 284 g/mol. The van der Waals surface area contributed by atoms with E-state index >= 15 is 0 Å². The lowest BCUT2D eigenvalue weighted by Gasteiger charge is -2.12. The van der Waals surface area contributed by atoms with Crippen molar-refractivity contribution in [3.05, 3.63) is 29.8 Å². The number of ketones is 1. The van der Waals surface area contributed by atoms with Crippen molar-refractivity contribution in [3.63, 3.8) is 0 Å². The Bertz CT molecular complexity index is 534. The Morgan fingerprint density at radius 1 is 1.26 bits per heavy atom. The molecule has 0 saturated carbocycles. The third-order valence-corrected chi connectivity index (χ3v) is 3.84. The molecule has 0 aliphatic rings. The molecule has 6 heteroatoms. The van der Waals surface area contributed by atoms with Crippen molar-refractivity contribution >= 4 is 15.8 Å². The highest BCUT2D eigenvalue weighted by molar-refractivity contribution is 7.90. The van der Waals surface area contributed by atoms with Gasteiger partial charge in [0.25, 0.3) is 0 Å². The van der Waals surface area contributed by atoms with Crippen LogP contribution in [0.3, 0.4) is 0 Å². The van der Waals surface area contributed by atoms with Crippen LogP contribution >= 0.6 is 0 Å². The molecule has 0 heterocycles. The van der Waals surface area contributed by atoms with Crippen LogP contribution < -0.4 is 9.88 Å². The van der Waals surface area contributed by atoms with E-state index in [2.05, 4.69) is 0 Å². The molecular weight excluding hydrogens is 266 g/mol. The van der Waals surface area contributed by atoms with Gasteiger partial charge < -0.3 is 4.74 Å². The van der Waals surface area contributed by atoms with Crippen molar-refractivity contribution in [1.82, 2.24) is 5.14 Å². The Hall–Kier alpha value is -1.40. The van der Waals surface area contributed by atoms with Crippen LogP contribution in [-0.2, 0) is 10.0 Å². The van der Waals surface area contributed by atoms with Crippen molar-refractivity contribution in [2.45, 2.75) is 38.5 Å². The molecule has 1 radical (unpaired) electrons. The Morgan fingerprint density at radius 2 is 1.79 bits per heavy atom. The number of rotatable bonds is 6. The summed E-state index contributed by atoms with van der Waals surface area (Å²) in [7, 11) is -4.12. The highest BCUT2D eigenvalue weighted by Gasteiger charge is 2.29. The van der Waals surface area contributed by atoms with Gasteiger partial charge in [-0.1, -0.05) is 6.92 Å². The SMILES string of the molecule is CCC(C(=O)c1ccc(OC(C)C)cc1)S([NH])(=O)=O. The summed E-state index contributed by atoms with van der Waals surface area (Å²) < 4.78 is 27.9. The molecule has 5 nitrogen and oxygen atoms in total. The molecule has 0 saturated heterocycles. The maximum atomic E-state index is 12.0. The van der Waals surface area contributed by atoms with Crippen LogP contribution in [-0.4, -0.2) is 25.6 Å². The third kappa shape index (κ3) is 4.33. The molecule has 1 rings (SSSR count). The summed E-state index contributed by atoms with van der Waals surface area (Å²) >= 11 is 0. The smallest absolute Gasteiger partial charge is 0.235 e. The Labute approximate surface area is 113 Å². The van der Waals surface area contributed by atoms with Gasteiger partial charge in [-0.15, -0.1) is 5.14 Å². The number of carbonyl (C=O) groups is 1. The van der Waals surface area contributed by atoms with E-state index in [4.69, 9.17) is 9.88 Å². The van der Waals surface area contributed by atoms with E-state index < -0.39 is 21.1 Å². The van der Waals surface area contributed by atoms with Crippen molar-refractivity contribution in [3.8, 4) is 5.75 Å². The first-order valence-corrected chi connectivity index (χ1v) is 7.59. The van der Waals surface area contributed by atoms with E-state index in [1.807, 2.05) is 13.8 Å². The van der Waals surface area contributed by atoms with E-state index in [0.29, 0.717) is 5.75 Å². The molecule has 0 fully saturated rings. The number of hydrogen-bond donors (Lipinski definition) is 0. The second-order valence-electron chi connectivity index (χ2n) is 4.50. The van der Waals surface area contributed by atoms with Gasteiger partial charge in [0, 0.05) is 5.56 Å². The number of sulfonamides is 1. The second-order valence-corrected chi connectivity index (χ2v) is 6.16. The van der Waals surface area contributed by atoms with Gasteiger partial charge in [-0.3, -0.25) is 4.79 Å². The highest BCUT2D eigenvalue weighted by atomic mass is 32.2. The zero-order chi connectivity index (χ0) is 14.6. The molecular formula is C13H18NO4S. The molecule has 1 aromatic rings. The molecule has 0 aromatic heterocycles. The minimum Gasteiger partial charge on any atom is -0.491 e. The number of ether oxygens (including phenoxy) is 1. The van der Waals surface area contributed by atoms with Gasteiger partial charge >= 0.3 is 0 Å². The molecule has 1 aromatic carbocycles. The summed E-state index contributed by atoms with van der Waals surface area (Å²) in [5, 5.41) is 5.73. The summed E-state index contributed by atoms with van der Waals surface area (Å²) in [6, 6.07) is 6.29. The lowest BCUT2D eigenvalue weighted by Crippen LogP contribution is -2.30. The first-order valence-electron chi connectivity index (χ1n) is 6.05. The van der Waals surface area contributed by atoms with Gasteiger partial charge in [-0.25, -0.2) is 8.42 Å². The lowest BCUT2D eigenvalue weighted by molar-refractivity contribution is 0.0985. The van der Waals surface area contributed by atoms with Crippen LogP contribution in [0.2, 0.25) is 0 Å². The molecule has 0 amide bonds. The predicted molar refractivity (Wildman–Crippen MR) is 72.6 cm³/mol. The maximum Gasteiger partial charge on any atom is 0.235 e. The molecule has 1 N–H and O–H groups in total. The summed E-state index contributed by atoms with van der Waals surface area (Å²) in [5.74, 6) is 0.0712. The fourth-order valence-electron chi connectivity index (χ4n) is 1.70. The minimum absolute atomic E-state index is 0.0264. The molecule has 19 heavy (non-hydrogen) atoms. The Morgan fingerprint density at radius 3 is 2.16 bits per heavy atom. The maximum absolute atomic E-state index is 12.0. The number of nitrogens with one attached hydrogen (secondary N) is 1. The Balaban J connectivity index is 2.94. The fraction of sp³-hybridized carbons (Fsp3) is 0.462. The number of carbonyl (C=O) groups excluding carboxylic acids is 1. The zero-order valence-electron chi connectivity index (χ0n) is 11.2. The first kappa shape index (κ1) is 15.7. The standard InChI is InChI=1S/C13H18NO4S/c1-4-12(19(14,16)17)13(15)10-5-7-11(8-6-10)18-9(2)3/h5-9,12,14H,4H2,1-3H3. The molecule has 0 bridgehead atoms. The van der Waals surface area contributed by atoms with Crippen molar-refractivity contribution in [1.29, 1.82) is 0 Å². The monoisotopic (exact) mass is 284 g/mol. The first-order chi connectivity index (χ1) is 8.75. The molecule has 0 aliphatic carbocycles. The quantitative estimate of drug-likeness (QED) is 0.748. The average Bonchev–Trinajstić information content (AvgIpc) is 2.28. The van der Waals surface area contributed by atoms with Gasteiger partial charge in [0.15, 0.2) is 5.78 Å². The second kappa shape index (κ2) is 6.16. The van der Waals surface area contributed by atoms with E-state index in [1.54, 1.807) is 19.1 Å². The fourth-order valence-corrected chi connectivity index (χ4v) is 2.56. The predicted octanol–water partition coefficient (Wildman–Crippen LogP) is 2.05. The van der Waals surface area contributed by atoms with Crippen molar-refractivity contribution < 1.29 is 17.9 Å². The van der Waals surface area contributed by atoms with Crippen LogP contribution in [0.25, 0.3) is 0 Å². The Kier molecular flexibility index (Phi) is 5.08. The third-order valence-electron chi connectivity index (χ3n) is 2.55. The van der Waals surface area contributed by atoms with Crippen LogP contribution in [0.5, 0.6) is 5.75 Å². The molecule has 0 aliphatic heterocycles. The molecule has 1 unspecified atom stereocenters. The number of hydrogen-bond acceptors (Lipinski definition) is 4. The van der Waals surface area contributed by atoms with Crippen LogP contribution in [0.4, 0.5) is 0 Å². The summed E-state index contributed by atoms with van der Waals surface area (Å²) in [6.07, 6.45) is 0.119. The van der Waals surface area contributed by atoms with Crippen LogP contribution in [0.15, 0.2) is 24.3 Å². The topological polar surface area (TPSA) is 84.2 Å². The minimum atomic E-state index is -4.12. The number of Topliss-reactive ketones (excluding diaryl/α,β-unsaturated/α-hetero) is 1. The highest BCUT2D eigenvalue weighted by Crippen LogP contribution is 2.17. The zero-order valence-corrected chi connectivity index (χ0v) is 12.0. The van der Waals surface area contributed by atoms with Crippen LogP contribution in [0, 0.1) is 0 Å². The summed E-state index contributed by atoms with van der Waals surface area (Å²) in [5.41, 5.74) is 0.277. The summed E-state index contributed by atoms with van der Waals surface area (Å²) in [4.78, 5) is 12.0. The van der Waals surface area contributed by atoms with Crippen molar-refractivity contribution in [2.24, 2.45) is 0 Å². The van der Waals surface area contributed by atoms with Crippen LogP contribution in [0.1, 0.15) is 37.6 Å². The van der Waals surface area contributed by atoms with E-state index in [-0.39, 0.29) is 18.1 Å². The van der Waals surface area contributed by atoms with E-state index in [0.717, 1.165) is 0 Å². The van der Waals surface area contributed by atoms with E-state index in [1.165, 1.54) is 12.1 Å². The van der Waals surface area contributed by atoms with E-state index in [9.17, 15) is 13.2 Å². The van der Waals surface area contributed by atoms with Gasteiger partial charge in [0.2, 0.25) is 10.0 Å².